The maximum Gasteiger partial charge on any atom is 0.410 e. The van der Waals surface area contributed by atoms with Gasteiger partial charge in [0.15, 0.2) is 0 Å². The molecule has 4 rings (SSSR count). The van der Waals surface area contributed by atoms with E-state index in [0.717, 1.165) is 11.1 Å². The molecule has 2 saturated heterocycles. The van der Waals surface area contributed by atoms with Crippen molar-refractivity contribution in [1.82, 2.24) is 19.4 Å². The van der Waals surface area contributed by atoms with Crippen LogP contribution in [0.5, 0.6) is 0 Å². The van der Waals surface area contributed by atoms with Gasteiger partial charge >= 0.3 is 6.09 Å². The van der Waals surface area contributed by atoms with E-state index in [2.05, 4.69) is 4.98 Å². The van der Waals surface area contributed by atoms with Gasteiger partial charge in [-0.1, -0.05) is 24.3 Å². The number of nitrogens with zero attached hydrogens (tertiary/aromatic N) is 4. The molecule has 3 atom stereocenters. The van der Waals surface area contributed by atoms with E-state index in [1.807, 2.05) is 56.5 Å². The predicted molar refractivity (Wildman–Crippen MR) is 135 cm³/mol. The molecular weight excluding hydrogens is 460 g/mol. The lowest BCUT2D eigenvalue weighted by Gasteiger charge is -2.46. The zero-order valence-corrected chi connectivity index (χ0v) is 22.1. The van der Waals surface area contributed by atoms with Crippen LogP contribution in [0.3, 0.4) is 0 Å². The van der Waals surface area contributed by atoms with Crippen molar-refractivity contribution in [3.05, 3.63) is 53.6 Å². The first-order chi connectivity index (χ1) is 16.9. The van der Waals surface area contributed by atoms with Gasteiger partial charge in [-0.25, -0.2) is 9.78 Å². The molecule has 0 spiro atoms. The minimum atomic E-state index is -1.02. The second-order valence-corrected chi connectivity index (χ2v) is 11.2. The summed E-state index contributed by atoms with van der Waals surface area (Å²) >= 11 is 0. The number of carbonyl (C=O) groups excluding carboxylic acids is 2. The van der Waals surface area contributed by atoms with Gasteiger partial charge < -0.3 is 28.9 Å². The minimum Gasteiger partial charge on any atom is -0.444 e. The van der Waals surface area contributed by atoms with E-state index < -0.39 is 11.2 Å². The van der Waals surface area contributed by atoms with Crippen molar-refractivity contribution in [2.24, 2.45) is 0 Å². The Labute approximate surface area is 213 Å². The van der Waals surface area contributed by atoms with Gasteiger partial charge in [-0.2, -0.15) is 0 Å². The average Bonchev–Trinajstić information content (AvgIpc) is 3.30. The molecule has 0 saturated carbocycles. The number of aliphatic hydroxyl groups is 1. The van der Waals surface area contributed by atoms with Crippen LogP contribution in [0.1, 0.15) is 75.6 Å². The summed E-state index contributed by atoms with van der Waals surface area (Å²) in [7, 11) is 0. The van der Waals surface area contributed by atoms with E-state index >= 15 is 0 Å². The number of ether oxygens (including phenoxy) is 2. The Morgan fingerprint density at radius 1 is 1.17 bits per heavy atom. The average molecular weight is 499 g/mol. The summed E-state index contributed by atoms with van der Waals surface area (Å²) in [5.74, 6) is -0.128. The molecule has 36 heavy (non-hydrogen) atoms. The van der Waals surface area contributed by atoms with Crippen LogP contribution in [0.25, 0.3) is 0 Å². The number of likely N-dealkylation sites (tertiary alicyclic amines) is 1. The van der Waals surface area contributed by atoms with Gasteiger partial charge in [0, 0.05) is 19.6 Å². The number of morpholine rings is 1. The molecule has 2 aliphatic rings. The third-order valence-corrected chi connectivity index (χ3v) is 6.88. The number of aromatic nitrogens is 2. The van der Waals surface area contributed by atoms with E-state index in [1.165, 1.54) is 0 Å². The van der Waals surface area contributed by atoms with E-state index in [1.54, 1.807) is 36.2 Å². The quantitative estimate of drug-likeness (QED) is 0.692. The van der Waals surface area contributed by atoms with Crippen LogP contribution in [0.4, 0.5) is 4.79 Å². The summed E-state index contributed by atoms with van der Waals surface area (Å²) in [5.41, 5.74) is 0.630. The lowest BCUT2D eigenvalue weighted by molar-refractivity contribution is -0.0988. The molecule has 9 nitrogen and oxygen atoms in total. The SMILES string of the molecule is CC(c1ccccc1C(C)(C)O)n1cncc1C(=O)N1CCC2C(C1)OCCN2C(=O)OC(C)(C)C. The van der Waals surface area contributed by atoms with Crippen molar-refractivity contribution < 1.29 is 24.2 Å². The molecule has 1 N–H and O–H groups in total. The standard InChI is InChI=1S/C27H38N4O5/c1-18(19-9-7-8-10-20(19)27(5,6)34)31-17-28-15-22(31)24(32)29-12-11-21-23(16-29)35-14-13-30(21)25(33)36-26(2,3)4/h7-10,15,17-18,21,23,34H,11-14,16H2,1-6H3. The Kier molecular flexibility index (Phi) is 7.16. The van der Waals surface area contributed by atoms with Crippen LogP contribution in [0.2, 0.25) is 0 Å². The third kappa shape index (κ3) is 5.42. The number of benzene rings is 1. The number of imidazole rings is 1. The lowest BCUT2D eigenvalue weighted by atomic mass is 9.90. The highest BCUT2D eigenvalue weighted by Crippen LogP contribution is 2.31. The van der Waals surface area contributed by atoms with Gasteiger partial charge in [0.25, 0.3) is 5.91 Å². The largest absolute Gasteiger partial charge is 0.444 e. The molecule has 2 aromatic rings. The van der Waals surface area contributed by atoms with Crippen molar-refractivity contribution in [1.29, 1.82) is 0 Å². The molecule has 196 valence electrons. The fraction of sp³-hybridized carbons (Fsp3) is 0.593. The van der Waals surface area contributed by atoms with E-state index in [9.17, 15) is 14.7 Å². The number of hydrogen-bond donors (Lipinski definition) is 1. The van der Waals surface area contributed by atoms with Crippen molar-refractivity contribution in [2.45, 2.75) is 77.4 Å². The molecule has 0 radical (unpaired) electrons. The zero-order valence-electron chi connectivity index (χ0n) is 22.1. The molecule has 3 unspecified atom stereocenters. The second-order valence-electron chi connectivity index (χ2n) is 11.2. The predicted octanol–water partition coefficient (Wildman–Crippen LogP) is 3.57. The first kappa shape index (κ1) is 26.2. The van der Waals surface area contributed by atoms with Crippen molar-refractivity contribution in [3.63, 3.8) is 0 Å². The molecule has 1 aromatic carbocycles. The zero-order chi connectivity index (χ0) is 26.3. The number of carbonyl (C=O) groups is 2. The van der Waals surface area contributed by atoms with Gasteiger partial charge in [-0.3, -0.25) is 4.79 Å². The van der Waals surface area contributed by atoms with Crippen molar-refractivity contribution >= 4 is 12.0 Å². The monoisotopic (exact) mass is 498 g/mol. The normalized spacial score (nSPS) is 21.6. The molecule has 2 amide bonds. The van der Waals surface area contributed by atoms with Crippen LogP contribution >= 0.6 is 0 Å². The Morgan fingerprint density at radius 3 is 2.58 bits per heavy atom. The van der Waals surface area contributed by atoms with E-state index in [4.69, 9.17) is 9.47 Å². The summed E-state index contributed by atoms with van der Waals surface area (Å²) in [5, 5.41) is 10.7. The second kappa shape index (κ2) is 9.86. The maximum atomic E-state index is 13.6. The first-order valence-electron chi connectivity index (χ1n) is 12.6. The maximum absolute atomic E-state index is 13.6. The summed E-state index contributed by atoms with van der Waals surface area (Å²) in [6.45, 7) is 12.9. The van der Waals surface area contributed by atoms with Crippen molar-refractivity contribution in [3.8, 4) is 0 Å². The summed E-state index contributed by atoms with van der Waals surface area (Å²) in [6, 6.07) is 7.38. The Bertz CT molecular complexity index is 1100. The topological polar surface area (TPSA) is 97.1 Å². The minimum absolute atomic E-state index is 0.125. The first-order valence-corrected chi connectivity index (χ1v) is 12.6. The van der Waals surface area contributed by atoms with Crippen LogP contribution in [-0.2, 0) is 15.1 Å². The molecular formula is C27H38N4O5. The van der Waals surface area contributed by atoms with Gasteiger partial charge in [-0.05, 0) is 59.1 Å². The Balaban J connectivity index is 1.51. The van der Waals surface area contributed by atoms with Crippen LogP contribution in [0, 0.1) is 0 Å². The summed E-state index contributed by atoms with van der Waals surface area (Å²) < 4.78 is 13.5. The molecule has 9 heteroatoms. The number of rotatable bonds is 4. The highest BCUT2D eigenvalue weighted by atomic mass is 16.6. The number of fused-ring (bicyclic) bond motifs is 1. The molecule has 2 fully saturated rings. The van der Waals surface area contributed by atoms with Crippen LogP contribution < -0.4 is 0 Å². The molecule has 0 aliphatic carbocycles. The Morgan fingerprint density at radius 2 is 1.89 bits per heavy atom. The Hall–Kier alpha value is -2.91. The summed E-state index contributed by atoms with van der Waals surface area (Å²) in [4.78, 5) is 34.2. The molecule has 0 bridgehead atoms. The van der Waals surface area contributed by atoms with Crippen LogP contribution in [0.15, 0.2) is 36.8 Å². The number of amides is 2. The fourth-order valence-corrected chi connectivity index (χ4v) is 5.13. The van der Waals surface area contributed by atoms with E-state index in [0.29, 0.717) is 38.4 Å². The van der Waals surface area contributed by atoms with Gasteiger partial charge in [0.2, 0.25) is 0 Å². The summed E-state index contributed by atoms with van der Waals surface area (Å²) in [6.07, 6.45) is 3.26. The number of hydrogen-bond acceptors (Lipinski definition) is 6. The van der Waals surface area contributed by atoms with Gasteiger partial charge in [-0.15, -0.1) is 0 Å². The third-order valence-electron chi connectivity index (χ3n) is 6.88. The highest BCUT2D eigenvalue weighted by Gasteiger charge is 2.42. The van der Waals surface area contributed by atoms with Gasteiger partial charge in [0.1, 0.15) is 11.3 Å². The van der Waals surface area contributed by atoms with Gasteiger partial charge in [0.05, 0.1) is 42.9 Å². The molecule has 2 aliphatic heterocycles. The smallest absolute Gasteiger partial charge is 0.410 e. The van der Waals surface area contributed by atoms with E-state index in [-0.39, 0.29) is 30.2 Å². The lowest BCUT2D eigenvalue weighted by Crippen LogP contribution is -2.61. The fourth-order valence-electron chi connectivity index (χ4n) is 5.13. The molecule has 3 heterocycles. The highest BCUT2D eigenvalue weighted by molar-refractivity contribution is 5.92. The van der Waals surface area contributed by atoms with Crippen molar-refractivity contribution in [2.75, 3.05) is 26.2 Å². The van der Waals surface area contributed by atoms with Crippen LogP contribution in [-0.4, -0.2) is 80.4 Å². The molecule has 1 aromatic heterocycles. The number of piperidine rings is 1.